The molecule has 0 spiro atoms. The van der Waals surface area contributed by atoms with Crippen molar-refractivity contribution in [2.75, 3.05) is 37.1 Å². The molecule has 0 saturated heterocycles. The van der Waals surface area contributed by atoms with Crippen molar-refractivity contribution < 1.29 is 14.2 Å². The van der Waals surface area contributed by atoms with E-state index in [0.29, 0.717) is 13.2 Å². The molecule has 0 radical (unpaired) electrons. The van der Waals surface area contributed by atoms with E-state index in [1.165, 1.54) is 0 Å². The highest BCUT2D eigenvalue weighted by molar-refractivity contribution is 5.40. The van der Waals surface area contributed by atoms with E-state index in [1.807, 2.05) is 0 Å². The molecule has 7 nitrogen and oxygen atoms in total. The maximum Gasteiger partial charge on any atom is 0.239 e. The van der Waals surface area contributed by atoms with Gasteiger partial charge in [-0.05, 0) is 0 Å². The Kier molecular flexibility index (Phi) is 5.40. The van der Waals surface area contributed by atoms with Gasteiger partial charge in [-0.2, -0.15) is 4.98 Å². The third-order valence-corrected chi connectivity index (χ3v) is 1.65. The summed E-state index contributed by atoms with van der Waals surface area (Å²) in [6.45, 7) is 0.931. The number of aliphatic hydroxyl groups excluding tert-OH is 1. The van der Waals surface area contributed by atoms with Crippen LogP contribution in [0.15, 0.2) is 6.20 Å². The number of aliphatic hydroxyl groups is 1. The van der Waals surface area contributed by atoms with Gasteiger partial charge in [-0.3, -0.25) is 5.43 Å². The minimum absolute atomic E-state index is 0.0386. The van der Waals surface area contributed by atoms with E-state index in [2.05, 4.69) is 20.7 Å². The number of nitrogens with zero attached hydrogens (tertiary/aromatic N) is 2. The Bertz CT molecular complexity index is 325. The monoisotopic (exact) mass is 231 g/mol. The van der Waals surface area contributed by atoms with Gasteiger partial charge in [-0.1, -0.05) is 0 Å². The number of aromatic nitrogens is 2. The minimum Gasteiger partial charge on any atom is -0.394 e. The average Bonchev–Trinajstić information content (AvgIpc) is 2.31. The van der Waals surface area contributed by atoms with E-state index < -0.39 is 5.82 Å². The van der Waals surface area contributed by atoms with Crippen molar-refractivity contribution in [1.29, 1.82) is 0 Å². The van der Waals surface area contributed by atoms with Gasteiger partial charge in [-0.25, -0.2) is 15.2 Å². The SMILES string of the molecule is NNc1ncc(F)c(NCCOCCO)n1. The minimum atomic E-state index is -0.568. The van der Waals surface area contributed by atoms with Crippen molar-refractivity contribution in [2.45, 2.75) is 0 Å². The first-order valence-corrected chi connectivity index (χ1v) is 4.69. The summed E-state index contributed by atoms with van der Waals surface area (Å²) >= 11 is 0. The fraction of sp³-hybridized carbons (Fsp3) is 0.500. The maximum absolute atomic E-state index is 13.1. The van der Waals surface area contributed by atoms with Crippen LogP contribution in [0.5, 0.6) is 0 Å². The molecule has 0 saturated carbocycles. The molecule has 0 unspecified atom stereocenters. The lowest BCUT2D eigenvalue weighted by Gasteiger charge is -2.07. The standard InChI is InChI=1S/C8H14FN5O2/c9-6-5-12-8(14-10)13-7(6)11-1-3-16-4-2-15/h5,15H,1-4,10H2,(H2,11,12,13,14). The lowest BCUT2D eigenvalue weighted by Crippen LogP contribution is -2.16. The maximum atomic E-state index is 13.1. The lowest BCUT2D eigenvalue weighted by atomic mass is 10.5. The fourth-order valence-electron chi connectivity index (χ4n) is 0.969. The molecule has 90 valence electrons. The number of hydrazine groups is 1. The largest absolute Gasteiger partial charge is 0.394 e. The van der Waals surface area contributed by atoms with Crippen molar-refractivity contribution >= 4 is 11.8 Å². The van der Waals surface area contributed by atoms with Crippen LogP contribution in [0, 0.1) is 5.82 Å². The van der Waals surface area contributed by atoms with E-state index in [4.69, 9.17) is 15.7 Å². The lowest BCUT2D eigenvalue weighted by molar-refractivity contribution is 0.0991. The van der Waals surface area contributed by atoms with Gasteiger partial charge in [0.1, 0.15) is 0 Å². The predicted molar refractivity (Wildman–Crippen MR) is 56.2 cm³/mol. The van der Waals surface area contributed by atoms with Crippen molar-refractivity contribution in [3.8, 4) is 0 Å². The first kappa shape index (κ1) is 12.6. The Morgan fingerprint density at radius 1 is 1.50 bits per heavy atom. The van der Waals surface area contributed by atoms with E-state index in [1.54, 1.807) is 0 Å². The van der Waals surface area contributed by atoms with E-state index in [-0.39, 0.29) is 25.0 Å². The Labute approximate surface area is 91.8 Å². The molecule has 0 atom stereocenters. The molecule has 0 amide bonds. The number of halogens is 1. The van der Waals surface area contributed by atoms with Crippen molar-refractivity contribution in [3.05, 3.63) is 12.0 Å². The quantitative estimate of drug-likeness (QED) is 0.280. The topological polar surface area (TPSA) is 105 Å². The Morgan fingerprint density at radius 3 is 3.00 bits per heavy atom. The summed E-state index contributed by atoms with van der Waals surface area (Å²) < 4.78 is 18.1. The van der Waals surface area contributed by atoms with Crippen LogP contribution in [0.25, 0.3) is 0 Å². The molecule has 1 aromatic heterocycles. The molecular weight excluding hydrogens is 217 g/mol. The van der Waals surface area contributed by atoms with Crippen LogP contribution < -0.4 is 16.6 Å². The van der Waals surface area contributed by atoms with Crippen molar-refractivity contribution in [3.63, 3.8) is 0 Å². The highest BCUT2D eigenvalue weighted by atomic mass is 19.1. The summed E-state index contributed by atoms with van der Waals surface area (Å²) in [7, 11) is 0. The molecule has 16 heavy (non-hydrogen) atoms. The zero-order valence-electron chi connectivity index (χ0n) is 8.61. The normalized spacial score (nSPS) is 10.2. The molecule has 0 bridgehead atoms. The van der Waals surface area contributed by atoms with E-state index in [9.17, 15) is 4.39 Å². The molecule has 5 N–H and O–H groups in total. The first-order valence-electron chi connectivity index (χ1n) is 4.69. The number of hydrogen-bond acceptors (Lipinski definition) is 7. The number of rotatable bonds is 7. The van der Waals surface area contributed by atoms with Crippen molar-refractivity contribution in [1.82, 2.24) is 9.97 Å². The molecule has 0 aliphatic heterocycles. The summed E-state index contributed by atoms with van der Waals surface area (Å²) in [5, 5.41) is 11.2. The Morgan fingerprint density at radius 2 is 2.31 bits per heavy atom. The smallest absolute Gasteiger partial charge is 0.239 e. The van der Waals surface area contributed by atoms with Crippen LogP contribution in [0.1, 0.15) is 0 Å². The van der Waals surface area contributed by atoms with Gasteiger partial charge in [0.05, 0.1) is 26.0 Å². The number of hydrogen-bond donors (Lipinski definition) is 4. The third-order valence-electron chi connectivity index (χ3n) is 1.65. The molecule has 1 aromatic rings. The highest BCUT2D eigenvalue weighted by Gasteiger charge is 2.05. The summed E-state index contributed by atoms with van der Waals surface area (Å²) in [5.74, 6) is 4.69. The molecule has 0 aromatic carbocycles. The number of nitrogens with two attached hydrogens (primary N) is 1. The van der Waals surface area contributed by atoms with Gasteiger partial charge >= 0.3 is 0 Å². The fourth-order valence-corrected chi connectivity index (χ4v) is 0.969. The number of anilines is 2. The van der Waals surface area contributed by atoms with Crippen LogP contribution >= 0.6 is 0 Å². The van der Waals surface area contributed by atoms with Crippen LogP contribution in [0.4, 0.5) is 16.2 Å². The summed E-state index contributed by atoms with van der Waals surface area (Å²) in [6.07, 6.45) is 1.01. The zero-order valence-corrected chi connectivity index (χ0v) is 8.61. The van der Waals surface area contributed by atoms with Crippen LogP contribution in [-0.2, 0) is 4.74 Å². The second-order valence-corrected chi connectivity index (χ2v) is 2.80. The van der Waals surface area contributed by atoms with Crippen LogP contribution in [0.2, 0.25) is 0 Å². The number of nitrogen functional groups attached to an aromatic ring is 1. The molecule has 1 rings (SSSR count). The first-order chi connectivity index (χ1) is 7.77. The second kappa shape index (κ2) is 6.88. The molecule has 1 heterocycles. The van der Waals surface area contributed by atoms with Gasteiger partial charge in [0.2, 0.25) is 5.95 Å². The van der Waals surface area contributed by atoms with Gasteiger partial charge < -0.3 is 15.2 Å². The summed E-state index contributed by atoms with van der Waals surface area (Å²) in [6, 6.07) is 0. The average molecular weight is 231 g/mol. The van der Waals surface area contributed by atoms with E-state index in [0.717, 1.165) is 6.20 Å². The van der Waals surface area contributed by atoms with Gasteiger partial charge in [-0.15, -0.1) is 0 Å². The number of ether oxygens (including phenoxy) is 1. The summed E-state index contributed by atoms with van der Waals surface area (Å²) in [4.78, 5) is 7.36. The van der Waals surface area contributed by atoms with Gasteiger partial charge in [0.25, 0.3) is 0 Å². The molecule has 0 aliphatic rings. The molecule has 8 heteroatoms. The predicted octanol–water partition coefficient (Wildman–Crippen LogP) is -0.678. The van der Waals surface area contributed by atoms with Crippen LogP contribution in [0.3, 0.4) is 0 Å². The summed E-state index contributed by atoms with van der Waals surface area (Å²) in [5.41, 5.74) is 2.21. The van der Waals surface area contributed by atoms with Crippen LogP contribution in [-0.4, -0.2) is 41.4 Å². The Hall–Kier alpha value is -1.51. The van der Waals surface area contributed by atoms with Gasteiger partial charge in [0.15, 0.2) is 11.6 Å². The molecule has 0 fully saturated rings. The highest BCUT2D eigenvalue weighted by Crippen LogP contribution is 2.10. The second-order valence-electron chi connectivity index (χ2n) is 2.80. The molecular formula is C8H14FN5O2. The van der Waals surface area contributed by atoms with Crippen molar-refractivity contribution in [2.24, 2.45) is 5.84 Å². The Balaban J connectivity index is 2.40. The zero-order chi connectivity index (χ0) is 11.8. The molecule has 0 aliphatic carbocycles. The van der Waals surface area contributed by atoms with E-state index >= 15 is 0 Å². The third kappa shape index (κ3) is 3.93. The number of nitrogens with one attached hydrogen (secondary N) is 2. The van der Waals surface area contributed by atoms with Gasteiger partial charge in [0, 0.05) is 6.54 Å².